The third-order valence-electron chi connectivity index (χ3n) is 3.31. The summed E-state index contributed by atoms with van der Waals surface area (Å²) in [7, 11) is -3.46. The second kappa shape index (κ2) is 6.13. The van der Waals surface area contributed by atoms with Crippen molar-refractivity contribution >= 4 is 23.9 Å². The monoisotopic (exact) mass is 279 g/mol. The van der Waals surface area contributed by atoms with Crippen LogP contribution in [0.3, 0.4) is 0 Å². The van der Waals surface area contributed by atoms with Crippen LogP contribution in [0.2, 0.25) is 32.7 Å². The number of hydrogen-bond acceptors (Lipinski definition) is 1. The Balaban J connectivity index is 4.66. The molecule has 0 rings (SSSR count). The van der Waals surface area contributed by atoms with E-state index in [0.29, 0.717) is 0 Å². The molecule has 0 bridgehead atoms. The van der Waals surface area contributed by atoms with Crippen molar-refractivity contribution in [1.82, 2.24) is 0 Å². The van der Waals surface area contributed by atoms with Crippen molar-refractivity contribution in [3.05, 3.63) is 0 Å². The van der Waals surface area contributed by atoms with Crippen molar-refractivity contribution in [2.75, 3.05) is 24.3 Å². The van der Waals surface area contributed by atoms with Crippen molar-refractivity contribution in [3.63, 3.8) is 0 Å². The van der Waals surface area contributed by atoms with Crippen LogP contribution in [-0.4, -0.2) is 40.9 Å². The van der Waals surface area contributed by atoms with Crippen molar-refractivity contribution in [2.45, 2.75) is 53.5 Å². The maximum atomic E-state index is 6.49. The summed E-state index contributed by atoms with van der Waals surface area (Å²) >= 11 is 0. The molecule has 0 atom stereocenters. The molecule has 0 aliphatic carbocycles. The lowest BCUT2D eigenvalue weighted by atomic mass is 10.9. The van der Waals surface area contributed by atoms with Gasteiger partial charge in [-0.2, -0.15) is 0 Å². The molecule has 0 saturated carbocycles. The summed E-state index contributed by atoms with van der Waals surface area (Å²) in [5.41, 5.74) is 0. The van der Waals surface area contributed by atoms with Crippen LogP contribution in [0.25, 0.3) is 0 Å². The van der Waals surface area contributed by atoms with Gasteiger partial charge >= 0.3 is 0 Å². The Kier molecular flexibility index (Phi) is 6.44. The van der Waals surface area contributed by atoms with Gasteiger partial charge in [0.2, 0.25) is 8.32 Å². The zero-order valence-corrected chi connectivity index (χ0v) is 15.6. The number of hydrogen-bond donors (Lipinski definition) is 0. The van der Waals surface area contributed by atoms with Gasteiger partial charge in [-0.1, -0.05) is 0 Å². The molecule has 4 heteroatoms. The summed E-state index contributed by atoms with van der Waals surface area (Å²) in [5, 5.41) is 0. The lowest BCUT2D eigenvalue weighted by Crippen LogP contribution is -2.46. The van der Waals surface area contributed by atoms with Crippen LogP contribution in [0, 0.1) is 0 Å². The van der Waals surface area contributed by atoms with E-state index in [9.17, 15) is 0 Å². The Morgan fingerprint density at radius 1 is 0.812 bits per heavy atom. The molecular weight excluding hydrogens is 247 g/mol. The van der Waals surface area contributed by atoms with E-state index in [4.69, 9.17) is 4.12 Å². The molecule has 0 aliphatic heterocycles. The van der Waals surface area contributed by atoms with E-state index in [2.05, 4.69) is 53.5 Å². The van der Waals surface area contributed by atoms with Crippen molar-refractivity contribution in [3.8, 4) is 0 Å². The molecule has 0 N–H and O–H groups in total. The molecule has 0 fully saturated rings. The molecule has 0 spiro atoms. The molecule has 0 heterocycles. The summed E-state index contributed by atoms with van der Waals surface area (Å²) in [6.45, 7) is 19.0. The van der Waals surface area contributed by atoms with E-state index in [1.165, 1.54) is 24.3 Å². The van der Waals surface area contributed by atoms with Crippen LogP contribution in [-0.2, 0) is 4.12 Å². The minimum atomic E-state index is -1.43. The first-order chi connectivity index (χ1) is 7.10. The fourth-order valence-corrected chi connectivity index (χ4v) is 20.6. The zero-order chi connectivity index (χ0) is 13.0. The molecule has 0 saturated heterocycles. The molecule has 0 unspecified atom stereocenters. The smallest absolute Gasteiger partial charge is 0.212 e. The summed E-state index contributed by atoms with van der Waals surface area (Å²) in [6, 6.07) is 0. The van der Waals surface area contributed by atoms with Gasteiger partial charge in [0.25, 0.3) is 0 Å². The predicted octanol–water partition coefficient (Wildman–Crippen LogP) is 4.66. The normalized spacial score (nSPS) is 14.2. The third-order valence-corrected chi connectivity index (χ3v) is 17.7. The van der Waals surface area contributed by atoms with E-state index in [1.54, 1.807) is 0 Å². The Morgan fingerprint density at radius 3 is 1.44 bits per heavy atom. The highest BCUT2D eigenvalue weighted by atomic mass is 31.2. The molecule has 16 heavy (non-hydrogen) atoms. The molecule has 0 radical (unpaired) electrons. The van der Waals surface area contributed by atoms with Gasteiger partial charge in [-0.25, -0.2) is 0 Å². The third kappa shape index (κ3) is 5.95. The summed E-state index contributed by atoms with van der Waals surface area (Å²) in [6.07, 6.45) is 4.22. The zero-order valence-electron chi connectivity index (χ0n) is 12.7. The van der Waals surface area contributed by atoms with Crippen LogP contribution < -0.4 is 0 Å². The lowest BCUT2D eigenvalue weighted by Gasteiger charge is -2.36. The van der Waals surface area contributed by atoms with Gasteiger partial charge in [0.1, 0.15) is 0 Å². The molecule has 0 aliphatic rings. The minimum absolute atomic E-state index is 0.687. The fourth-order valence-electron chi connectivity index (χ4n) is 2.68. The molecule has 0 aromatic carbocycles. The van der Waals surface area contributed by atoms with Crippen molar-refractivity contribution < 1.29 is 4.12 Å². The highest BCUT2D eigenvalue weighted by molar-refractivity contribution is 7.77. The van der Waals surface area contributed by atoms with Gasteiger partial charge < -0.3 is 4.12 Å². The van der Waals surface area contributed by atoms with Crippen LogP contribution in [0.4, 0.5) is 0 Å². The standard InChI is InChI=1S/C12H32OPSi2/c1-9-14(10-2,11-3)12-16(7,8)13-15(4,5)6/h9-12H2,1-8H3/q+1. The second-order valence-electron chi connectivity index (χ2n) is 6.42. The second-order valence-corrected chi connectivity index (χ2v) is 20.8. The fraction of sp³-hybridized carbons (Fsp3) is 1.00. The largest absolute Gasteiger partial charge is 0.453 e. The van der Waals surface area contributed by atoms with E-state index in [1.807, 2.05) is 0 Å². The molecule has 98 valence electrons. The molecule has 0 amide bonds. The van der Waals surface area contributed by atoms with Crippen LogP contribution in [0.5, 0.6) is 0 Å². The molecule has 1 nitrogen and oxygen atoms in total. The highest BCUT2D eigenvalue weighted by Gasteiger charge is 2.42. The van der Waals surface area contributed by atoms with Crippen molar-refractivity contribution in [1.29, 1.82) is 0 Å². The Bertz CT molecular complexity index is 199. The van der Waals surface area contributed by atoms with E-state index < -0.39 is 23.9 Å². The Morgan fingerprint density at radius 2 is 1.19 bits per heavy atom. The number of rotatable bonds is 7. The average molecular weight is 280 g/mol. The van der Waals surface area contributed by atoms with Gasteiger partial charge in [0, 0.05) is 7.26 Å². The average Bonchev–Trinajstić information content (AvgIpc) is 2.10. The maximum absolute atomic E-state index is 6.49. The van der Waals surface area contributed by atoms with Gasteiger partial charge in [-0.15, -0.1) is 0 Å². The SMILES string of the molecule is CC[P+](CC)(CC)C[Si](C)(C)O[Si](C)(C)C. The van der Waals surface area contributed by atoms with E-state index >= 15 is 0 Å². The maximum Gasteiger partial charge on any atom is 0.212 e. The van der Waals surface area contributed by atoms with Gasteiger partial charge in [-0.3, -0.25) is 0 Å². The van der Waals surface area contributed by atoms with E-state index in [0.717, 1.165) is 0 Å². The first-order valence-electron chi connectivity index (χ1n) is 6.65. The summed E-state index contributed by atoms with van der Waals surface area (Å²) < 4.78 is 6.49. The molecule has 0 aromatic heterocycles. The molecular formula is C12H32OPSi2+. The topological polar surface area (TPSA) is 9.23 Å². The Hall–Kier alpha value is 0.824. The Labute approximate surface area is 106 Å². The first-order valence-corrected chi connectivity index (χ1v) is 15.7. The summed E-state index contributed by atoms with van der Waals surface area (Å²) in [5.74, 6) is 1.44. The van der Waals surface area contributed by atoms with Gasteiger partial charge in [-0.05, 0) is 53.5 Å². The van der Waals surface area contributed by atoms with Crippen molar-refractivity contribution in [2.24, 2.45) is 0 Å². The lowest BCUT2D eigenvalue weighted by molar-refractivity contribution is 0.557. The van der Waals surface area contributed by atoms with Crippen LogP contribution >= 0.6 is 7.26 Å². The summed E-state index contributed by atoms with van der Waals surface area (Å²) in [4.78, 5) is 0. The predicted molar refractivity (Wildman–Crippen MR) is 85.3 cm³/mol. The highest BCUT2D eigenvalue weighted by Crippen LogP contribution is 2.59. The van der Waals surface area contributed by atoms with Crippen LogP contribution in [0.1, 0.15) is 20.8 Å². The van der Waals surface area contributed by atoms with Gasteiger partial charge in [0.15, 0.2) is 8.32 Å². The van der Waals surface area contributed by atoms with E-state index in [-0.39, 0.29) is 0 Å². The minimum Gasteiger partial charge on any atom is -0.453 e. The van der Waals surface area contributed by atoms with Crippen LogP contribution in [0.15, 0.2) is 0 Å². The van der Waals surface area contributed by atoms with Gasteiger partial charge in [0.05, 0.1) is 24.3 Å². The first kappa shape index (κ1) is 16.8. The molecule has 0 aromatic rings. The quantitative estimate of drug-likeness (QED) is 0.486.